The third-order valence-electron chi connectivity index (χ3n) is 4.17. The van der Waals surface area contributed by atoms with Gasteiger partial charge >= 0.3 is 0 Å². The first kappa shape index (κ1) is 11.8. The number of anilines is 1. The average molecular weight is 254 g/mol. The minimum atomic E-state index is -0.566. The minimum absolute atomic E-state index is 0.0604. The number of hydrogen-bond acceptors (Lipinski definition) is 3. The van der Waals surface area contributed by atoms with Gasteiger partial charge in [0.25, 0.3) is 0 Å². The molecular formula is C15H14N2O2. The molecule has 0 spiro atoms. The van der Waals surface area contributed by atoms with E-state index < -0.39 is 5.41 Å². The maximum absolute atomic E-state index is 12.5. The molecule has 2 saturated heterocycles. The SMILES string of the molecule is C#CCN1C(=O)C2CC(c3ccc(N)cc3)(C2)C1=O. The summed E-state index contributed by atoms with van der Waals surface area (Å²) < 4.78 is 0. The van der Waals surface area contributed by atoms with Gasteiger partial charge < -0.3 is 5.73 Å². The lowest BCUT2D eigenvalue weighted by Crippen LogP contribution is -2.65. The summed E-state index contributed by atoms with van der Waals surface area (Å²) in [6, 6.07) is 7.31. The predicted octanol–water partition coefficient (Wildman–Crippen LogP) is 0.919. The largest absolute Gasteiger partial charge is 0.399 e. The van der Waals surface area contributed by atoms with Crippen molar-refractivity contribution in [1.82, 2.24) is 4.90 Å². The molecule has 3 fully saturated rings. The lowest BCUT2D eigenvalue weighted by Gasteiger charge is -2.53. The Balaban J connectivity index is 1.98. The predicted molar refractivity (Wildman–Crippen MR) is 70.8 cm³/mol. The highest BCUT2D eigenvalue weighted by molar-refractivity contribution is 6.08. The van der Waals surface area contributed by atoms with E-state index in [1.165, 1.54) is 4.90 Å². The Morgan fingerprint density at radius 3 is 2.53 bits per heavy atom. The maximum atomic E-state index is 12.5. The third kappa shape index (κ3) is 1.48. The molecule has 0 radical (unpaired) electrons. The normalized spacial score (nSPS) is 28.8. The molecule has 4 rings (SSSR count). The second-order valence-electron chi connectivity index (χ2n) is 5.24. The van der Waals surface area contributed by atoms with Crippen molar-refractivity contribution < 1.29 is 9.59 Å². The first-order valence-electron chi connectivity index (χ1n) is 6.24. The summed E-state index contributed by atoms with van der Waals surface area (Å²) in [4.78, 5) is 25.7. The molecule has 96 valence electrons. The summed E-state index contributed by atoms with van der Waals surface area (Å²) in [7, 11) is 0. The van der Waals surface area contributed by atoms with Crippen LogP contribution in [0.4, 0.5) is 5.69 Å². The lowest BCUT2D eigenvalue weighted by molar-refractivity contribution is -0.167. The second kappa shape index (κ2) is 3.86. The van der Waals surface area contributed by atoms with Crippen molar-refractivity contribution in [2.24, 2.45) is 5.92 Å². The fourth-order valence-electron chi connectivity index (χ4n) is 3.11. The van der Waals surface area contributed by atoms with Crippen LogP contribution in [0.15, 0.2) is 24.3 Å². The molecule has 3 aliphatic rings. The number of imide groups is 1. The molecule has 1 saturated carbocycles. The lowest BCUT2D eigenvalue weighted by atomic mass is 9.55. The van der Waals surface area contributed by atoms with E-state index in [9.17, 15) is 9.59 Å². The summed E-state index contributed by atoms with van der Waals surface area (Å²) in [5.41, 5.74) is 6.69. The number of amides is 2. The minimum Gasteiger partial charge on any atom is -0.399 e. The molecular weight excluding hydrogens is 240 g/mol. The van der Waals surface area contributed by atoms with Crippen LogP contribution in [0.3, 0.4) is 0 Å². The van der Waals surface area contributed by atoms with Crippen molar-refractivity contribution in [3.63, 3.8) is 0 Å². The van der Waals surface area contributed by atoms with E-state index in [4.69, 9.17) is 12.2 Å². The van der Waals surface area contributed by atoms with Crippen LogP contribution >= 0.6 is 0 Å². The first-order chi connectivity index (χ1) is 9.08. The van der Waals surface area contributed by atoms with Gasteiger partial charge in [0.1, 0.15) is 0 Å². The van der Waals surface area contributed by atoms with Gasteiger partial charge in [-0.05, 0) is 30.5 Å². The van der Waals surface area contributed by atoms with Gasteiger partial charge in [-0.25, -0.2) is 0 Å². The number of carbonyl (C=O) groups excluding carboxylic acids is 2. The van der Waals surface area contributed by atoms with Crippen LogP contribution in [0.1, 0.15) is 18.4 Å². The highest BCUT2D eigenvalue weighted by atomic mass is 16.2. The zero-order valence-corrected chi connectivity index (χ0v) is 10.4. The van der Waals surface area contributed by atoms with Gasteiger partial charge in [-0.2, -0.15) is 0 Å². The van der Waals surface area contributed by atoms with E-state index >= 15 is 0 Å². The van der Waals surface area contributed by atoms with Gasteiger partial charge in [0.2, 0.25) is 11.8 Å². The van der Waals surface area contributed by atoms with E-state index in [-0.39, 0.29) is 24.3 Å². The van der Waals surface area contributed by atoms with Gasteiger partial charge in [0, 0.05) is 11.6 Å². The Bertz CT molecular complexity index is 592. The Hall–Kier alpha value is -2.28. The summed E-state index contributed by atoms with van der Waals surface area (Å²) >= 11 is 0. The molecule has 0 unspecified atom stereocenters. The number of piperidine rings is 2. The number of nitrogens with two attached hydrogens (primary N) is 1. The average Bonchev–Trinajstić information content (AvgIpc) is 2.34. The van der Waals surface area contributed by atoms with E-state index in [1.54, 1.807) is 12.1 Å². The molecule has 2 bridgehead atoms. The summed E-state index contributed by atoms with van der Waals surface area (Å²) in [5, 5.41) is 0. The van der Waals surface area contributed by atoms with Crippen molar-refractivity contribution >= 4 is 17.5 Å². The fraction of sp³-hybridized carbons (Fsp3) is 0.333. The Morgan fingerprint density at radius 1 is 1.32 bits per heavy atom. The molecule has 0 atom stereocenters. The molecule has 0 aromatic heterocycles. The monoisotopic (exact) mass is 254 g/mol. The van der Waals surface area contributed by atoms with Crippen LogP contribution in [-0.2, 0) is 15.0 Å². The van der Waals surface area contributed by atoms with E-state index in [0.29, 0.717) is 18.5 Å². The molecule has 1 aromatic rings. The van der Waals surface area contributed by atoms with Crippen LogP contribution in [0.5, 0.6) is 0 Å². The summed E-state index contributed by atoms with van der Waals surface area (Å²) in [6.07, 6.45) is 6.42. The molecule has 4 nitrogen and oxygen atoms in total. The van der Waals surface area contributed by atoms with Gasteiger partial charge in [0.15, 0.2) is 0 Å². The Morgan fingerprint density at radius 2 is 1.95 bits per heavy atom. The van der Waals surface area contributed by atoms with Crippen LogP contribution in [0, 0.1) is 18.3 Å². The molecule has 2 aliphatic heterocycles. The molecule has 19 heavy (non-hydrogen) atoms. The number of terminal acetylenes is 1. The second-order valence-corrected chi connectivity index (χ2v) is 5.24. The number of carbonyl (C=O) groups is 2. The van der Waals surface area contributed by atoms with Crippen molar-refractivity contribution in [3.8, 4) is 12.3 Å². The smallest absolute Gasteiger partial charge is 0.240 e. The molecule has 4 heteroatoms. The quantitative estimate of drug-likeness (QED) is 0.485. The standard InChI is InChI=1S/C15H14N2O2/c1-2-7-17-13(18)10-8-15(9-10,14(17)19)11-3-5-12(16)6-4-11/h1,3-6,10H,7-9,16H2. The summed E-state index contributed by atoms with van der Waals surface area (Å²) in [5.74, 6) is 2.03. The maximum Gasteiger partial charge on any atom is 0.240 e. The van der Waals surface area contributed by atoms with Crippen molar-refractivity contribution in [1.29, 1.82) is 0 Å². The van der Waals surface area contributed by atoms with Crippen LogP contribution < -0.4 is 5.73 Å². The molecule has 1 aliphatic carbocycles. The Labute approximate surface area is 111 Å². The van der Waals surface area contributed by atoms with Gasteiger partial charge in [-0.1, -0.05) is 18.1 Å². The number of rotatable bonds is 2. The first-order valence-corrected chi connectivity index (χ1v) is 6.24. The van der Waals surface area contributed by atoms with Crippen LogP contribution in [0.25, 0.3) is 0 Å². The molecule has 2 heterocycles. The number of nitrogens with zero attached hydrogens (tertiary/aromatic N) is 1. The Kier molecular flexibility index (Phi) is 2.39. The highest BCUT2D eigenvalue weighted by Crippen LogP contribution is 2.53. The van der Waals surface area contributed by atoms with Crippen molar-refractivity contribution in [2.45, 2.75) is 18.3 Å². The topological polar surface area (TPSA) is 63.4 Å². The number of nitrogen functional groups attached to an aromatic ring is 1. The highest BCUT2D eigenvalue weighted by Gasteiger charge is 2.61. The van der Waals surface area contributed by atoms with Gasteiger partial charge in [-0.15, -0.1) is 6.42 Å². The zero-order chi connectivity index (χ0) is 13.6. The molecule has 2 N–H and O–H groups in total. The van der Waals surface area contributed by atoms with Gasteiger partial charge in [-0.3, -0.25) is 14.5 Å². The third-order valence-corrected chi connectivity index (χ3v) is 4.17. The van der Waals surface area contributed by atoms with Crippen molar-refractivity contribution in [2.75, 3.05) is 12.3 Å². The number of benzene rings is 1. The van der Waals surface area contributed by atoms with Crippen molar-refractivity contribution in [3.05, 3.63) is 29.8 Å². The fourth-order valence-corrected chi connectivity index (χ4v) is 3.11. The van der Waals surface area contributed by atoms with Crippen LogP contribution in [0.2, 0.25) is 0 Å². The molecule has 1 aromatic carbocycles. The van der Waals surface area contributed by atoms with E-state index in [2.05, 4.69) is 5.92 Å². The van der Waals surface area contributed by atoms with E-state index in [0.717, 1.165) is 5.56 Å². The van der Waals surface area contributed by atoms with Gasteiger partial charge in [0.05, 0.1) is 12.0 Å². The number of hydrogen-bond donors (Lipinski definition) is 1. The molecule has 2 amide bonds. The number of fused-ring (bicyclic) bond motifs is 2. The zero-order valence-electron chi connectivity index (χ0n) is 10.4. The van der Waals surface area contributed by atoms with Crippen LogP contribution in [-0.4, -0.2) is 23.3 Å². The van der Waals surface area contributed by atoms with E-state index in [1.807, 2.05) is 12.1 Å². The summed E-state index contributed by atoms with van der Waals surface area (Å²) in [6.45, 7) is 0.0604.